The Kier molecular flexibility index (Phi) is 4.44. The molecule has 0 amide bonds. The molecule has 0 saturated heterocycles. The van der Waals surface area contributed by atoms with E-state index in [9.17, 15) is 24.9 Å². The highest BCUT2D eigenvalue weighted by atomic mass is 19.1. The fraction of sp³-hybridized carbons (Fsp3) is 0.909. The van der Waals surface area contributed by atoms with Crippen molar-refractivity contribution in [1.82, 2.24) is 0 Å². The van der Waals surface area contributed by atoms with Gasteiger partial charge in [0.1, 0.15) is 23.7 Å². The summed E-state index contributed by atoms with van der Waals surface area (Å²) < 4.78 is 17.0. The predicted molar refractivity (Wildman–Crippen MR) is 100 cm³/mol. The molecular formula is C22H33FO5. The SMILES string of the molecule is C[C@H]1C[C@@H]2[C@H]3CC[C@H]4CC(=O)CC[C@]4(C)[C@]3(F)[C@@H](O)C[C@]2(C)[C@]1(O)C(=O)CO. The summed E-state index contributed by atoms with van der Waals surface area (Å²) in [6.07, 6.45) is 1.66. The van der Waals surface area contributed by atoms with Gasteiger partial charge in [0.15, 0.2) is 5.78 Å². The Morgan fingerprint density at radius 3 is 2.54 bits per heavy atom. The molecule has 158 valence electrons. The van der Waals surface area contributed by atoms with Crippen LogP contribution in [0.3, 0.4) is 0 Å². The van der Waals surface area contributed by atoms with Gasteiger partial charge in [-0.2, -0.15) is 0 Å². The van der Waals surface area contributed by atoms with Crippen LogP contribution in [-0.4, -0.2) is 50.9 Å². The smallest absolute Gasteiger partial charge is 0.190 e. The van der Waals surface area contributed by atoms with Gasteiger partial charge in [-0.15, -0.1) is 0 Å². The number of halogens is 1. The molecule has 0 radical (unpaired) electrons. The van der Waals surface area contributed by atoms with Crippen molar-refractivity contribution in [3.8, 4) is 0 Å². The Hall–Kier alpha value is -0.850. The lowest BCUT2D eigenvalue weighted by atomic mass is 9.42. The van der Waals surface area contributed by atoms with E-state index in [0.717, 1.165) is 6.42 Å². The normalized spacial score (nSPS) is 56.0. The molecule has 0 unspecified atom stereocenters. The van der Waals surface area contributed by atoms with Gasteiger partial charge in [-0.1, -0.05) is 20.8 Å². The van der Waals surface area contributed by atoms with Crippen LogP contribution in [0.4, 0.5) is 4.39 Å². The van der Waals surface area contributed by atoms with Gasteiger partial charge in [-0.3, -0.25) is 9.59 Å². The fourth-order valence-electron chi connectivity index (χ4n) is 8.10. The summed E-state index contributed by atoms with van der Waals surface area (Å²) in [5, 5.41) is 32.1. The number of aliphatic hydroxyl groups is 3. The van der Waals surface area contributed by atoms with Crippen molar-refractivity contribution in [2.24, 2.45) is 34.5 Å². The number of rotatable bonds is 2. The lowest BCUT2D eigenvalue weighted by molar-refractivity contribution is -0.254. The van der Waals surface area contributed by atoms with Crippen LogP contribution < -0.4 is 0 Å². The number of hydrogen-bond acceptors (Lipinski definition) is 5. The summed E-state index contributed by atoms with van der Waals surface area (Å²) in [5.74, 6) is -1.63. The van der Waals surface area contributed by atoms with Crippen molar-refractivity contribution in [3.05, 3.63) is 0 Å². The number of alkyl halides is 1. The third-order valence-corrected chi connectivity index (χ3v) is 9.71. The van der Waals surface area contributed by atoms with Crippen molar-refractivity contribution >= 4 is 11.6 Å². The largest absolute Gasteiger partial charge is 0.390 e. The Bertz CT molecular complexity index is 711. The van der Waals surface area contributed by atoms with Gasteiger partial charge in [0.2, 0.25) is 0 Å². The van der Waals surface area contributed by atoms with Gasteiger partial charge < -0.3 is 15.3 Å². The predicted octanol–water partition coefficient (Wildman–Crippen LogP) is 2.20. The van der Waals surface area contributed by atoms with Crippen molar-refractivity contribution in [3.63, 3.8) is 0 Å². The van der Waals surface area contributed by atoms with Crippen LogP contribution in [0.15, 0.2) is 0 Å². The molecule has 0 aromatic heterocycles. The first-order valence-corrected chi connectivity index (χ1v) is 10.7. The van der Waals surface area contributed by atoms with Gasteiger partial charge in [0.25, 0.3) is 0 Å². The number of aliphatic hydroxyl groups excluding tert-OH is 2. The molecule has 4 aliphatic carbocycles. The number of carbonyl (C=O) groups excluding carboxylic acids is 2. The van der Waals surface area contributed by atoms with Crippen molar-refractivity contribution in [2.75, 3.05) is 6.61 Å². The third kappa shape index (κ3) is 2.12. The molecule has 0 aromatic rings. The summed E-state index contributed by atoms with van der Waals surface area (Å²) >= 11 is 0. The molecular weight excluding hydrogens is 363 g/mol. The van der Waals surface area contributed by atoms with Crippen LogP contribution in [0.1, 0.15) is 65.7 Å². The Morgan fingerprint density at radius 1 is 1.21 bits per heavy atom. The first-order chi connectivity index (χ1) is 13.0. The number of hydrogen-bond donors (Lipinski definition) is 3. The molecule has 9 atom stereocenters. The van der Waals surface area contributed by atoms with Crippen LogP contribution in [0, 0.1) is 34.5 Å². The number of carbonyl (C=O) groups is 2. The Balaban J connectivity index is 1.79. The van der Waals surface area contributed by atoms with Gasteiger partial charge in [-0.05, 0) is 55.8 Å². The zero-order valence-corrected chi connectivity index (χ0v) is 17.1. The van der Waals surface area contributed by atoms with E-state index in [1.54, 1.807) is 13.8 Å². The van der Waals surface area contributed by atoms with E-state index in [1.165, 1.54) is 0 Å². The second-order valence-corrected chi connectivity index (χ2v) is 10.5. The van der Waals surface area contributed by atoms with Crippen LogP contribution in [-0.2, 0) is 9.59 Å². The van der Waals surface area contributed by atoms with E-state index in [1.807, 2.05) is 6.92 Å². The number of Topliss-reactive ketones (excluding diaryl/α,β-unsaturated/α-hetero) is 2. The number of fused-ring (bicyclic) bond motifs is 5. The van der Waals surface area contributed by atoms with E-state index in [0.29, 0.717) is 32.1 Å². The minimum Gasteiger partial charge on any atom is -0.390 e. The van der Waals surface area contributed by atoms with Crippen molar-refractivity contribution in [2.45, 2.75) is 83.1 Å². The molecule has 0 aromatic carbocycles. The monoisotopic (exact) mass is 396 g/mol. The quantitative estimate of drug-likeness (QED) is 0.665. The first kappa shape index (κ1) is 20.4. The molecule has 6 heteroatoms. The summed E-state index contributed by atoms with van der Waals surface area (Å²) in [6, 6.07) is 0. The van der Waals surface area contributed by atoms with E-state index in [2.05, 4.69) is 0 Å². The van der Waals surface area contributed by atoms with E-state index < -0.39 is 52.4 Å². The van der Waals surface area contributed by atoms with E-state index in [4.69, 9.17) is 0 Å². The minimum atomic E-state index is -1.83. The van der Waals surface area contributed by atoms with Gasteiger partial charge in [0, 0.05) is 23.7 Å². The first-order valence-electron chi connectivity index (χ1n) is 10.7. The number of ketones is 2. The standard InChI is InChI=1S/C22H33FO5/c1-12-8-16-15-5-4-13-9-14(25)6-7-19(13,2)21(15,23)17(26)10-20(16,3)22(12,28)18(27)11-24/h12-13,15-17,24,26,28H,4-11H2,1-3H3/t12-,13-,15+,16+,17-,19-,20-,21+,22+/m0/s1. The highest BCUT2D eigenvalue weighted by molar-refractivity contribution is 5.90. The summed E-state index contributed by atoms with van der Waals surface area (Å²) in [7, 11) is 0. The zero-order chi connectivity index (χ0) is 20.7. The Morgan fingerprint density at radius 2 is 1.89 bits per heavy atom. The average Bonchev–Trinajstić information content (AvgIpc) is 2.84. The van der Waals surface area contributed by atoms with E-state index in [-0.39, 0.29) is 24.0 Å². The molecule has 4 rings (SSSR count). The molecule has 3 N–H and O–H groups in total. The minimum absolute atomic E-state index is 0.00645. The van der Waals surface area contributed by atoms with Gasteiger partial charge in [0.05, 0.1) is 6.10 Å². The molecule has 0 heterocycles. The topological polar surface area (TPSA) is 94.8 Å². The molecule has 4 aliphatic rings. The van der Waals surface area contributed by atoms with E-state index >= 15 is 4.39 Å². The third-order valence-electron chi connectivity index (χ3n) is 9.71. The maximum Gasteiger partial charge on any atom is 0.190 e. The lowest BCUT2D eigenvalue weighted by Crippen LogP contribution is -2.71. The highest BCUT2D eigenvalue weighted by Gasteiger charge is 2.76. The van der Waals surface area contributed by atoms with Gasteiger partial charge >= 0.3 is 0 Å². The van der Waals surface area contributed by atoms with Crippen LogP contribution >= 0.6 is 0 Å². The maximum atomic E-state index is 17.0. The molecule has 28 heavy (non-hydrogen) atoms. The molecule has 4 saturated carbocycles. The van der Waals surface area contributed by atoms with Crippen LogP contribution in [0.2, 0.25) is 0 Å². The maximum absolute atomic E-state index is 17.0. The fourth-order valence-corrected chi connectivity index (χ4v) is 8.10. The van der Waals surface area contributed by atoms with Crippen LogP contribution in [0.25, 0.3) is 0 Å². The second-order valence-electron chi connectivity index (χ2n) is 10.5. The summed E-state index contributed by atoms with van der Waals surface area (Å²) in [5.41, 5.74) is -5.32. The van der Waals surface area contributed by atoms with Gasteiger partial charge in [-0.25, -0.2) is 4.39 Å². The average molecular weight is 396 g/mol. The van der Waals surface area contributed by atoms with Crippen molar-refractivity contribution < 1.29 is 29.3 Å². The summed E-state index contributed by atoms with van der Waals surface area (Å²) in [4.78, 5) is 24.6. The highest BCUT2D eigenvalue weighted by Crippen LogP contribution is 2.71. The lowest BCUT2D eigenvalue weighted by Gasteiger charge is -2.65. The molecule has 0 bridgehead atoms. The van der Waals surface area contributed by atoms with Crippen molar-refractivity contribution in [1.29, 1.82) is 0 Å². The Labute approximate surface area is 165 Å². The van der Waals surface area contributed by atoms with Crippen LogP contribution in [0.5, 0.6) is 0 Å². The zero-order valence-electron chi connectivity index (χ0n) is 17.1. The molecule has 0 aliphatic heterocycles. The molecule has 4 fully saturated rings. The second kappa shape index (κ2) is 6.08. The molecule has 0 spiro atoms. The molecule has 5 nitrogen and oxygen atoms in total. The summed E-state index contributed by atoms with van der Waals surface area (Å²) in [6.45, 7) is 4.71.